The third-order valence-electron chi connectivity index (χ3n) is 4.79. The van der Waals surface area contributed by atoms with Crippen molar-refractivity contribution in [3.8, 4) is 22.2 Å². The van der Waals surface area contributed by atoms with Crippen LogP contribution in [-0.4, -0.2) is 38.7 Å². The molecule has 1 amide bonds. The van der Waals surface area contributed by atoms with E-state index in [1.807, 2.05) is 24.3 Å². The standard InChI is InChI=1S/C19H13ClN4O3S/c1-27-13-8-9(6-7-12(13)25)16-14(20)18(26)24(16)19-23-22-15-10-4-2-3-5-11(10)21-17(15)28-19/h2-8,14,16,25H,1H3. The predicted octanol–water partition coefficient (Wildman–Crippen LogP) is 3.60. The monoisotopic (exact) mass is 412 g/mol. The molecule has 1 N–H and O–H groups in total. The fraction of sp³-hybridized carbons (Fsp3) is 0.158. The molecule has 2 aromatic rings. The number of carbonyl (C=O) groups excluding carboxylic acids is 1. The summed E-state index contributed by atoms with van der Waals surface area (Å²) >= 11 is 7.60. The quantitative estimate of drug-likeness (QED) is 0.408. The van der Waals surface area contributed by atoms with Crippen molar-refractivity contribution in [2.45, 2.75) is 11.4 Å². The highest BCUT2D eigenvalue weighted by molar-refractivity contribution is 7.18. The first-order valence-electron chi connectivity index (χ1n) is 8.44. The second-order valence-corrected chi connectivity index (χ2v) is 7.78. The molecule has 2 aromatic carbocycles. The molecule has 1 fully saturated rings. The van der Waals surface area contributed by atoms with Crippen LogP contribution in [0.3, 0.4) is 0 Å². The van der Waals surface area contributed by atoms with E-state index in [0.717, 1.165) is 16.5 Å². The molecule has 2 atom stereocenters. The van der Waals surface area contributed by atoms with Crippen LogP contribution in [0.25, 0.3) is 21.6 Å². The molecule has 0 spiro atoms. The third kappa shape index (κ3) is 2.42. The van der Waals surface area contributed by atoms with Crippen LogP contribution in [-0.2, 0) is 4.79 Å². The Morgan fingerprint density at radius 1 is 1.21 bits per heavy atom. The summed E-state index contributed by atoms with van der Waals surface area (Å²) in [6.45, 7) is 0. The van der Waals surface area contributed by atoms with E-state index in [1.165, 1.54) is 29.4 Å². The van der Waals surface area contributed by atoms with E-state index < -0.39 is 11.4 Å². The van der Waals surface area contributed by atoms with Crippen LogP contribution in [0, 0.1) is 0 Å². The summed E-state index contributed by atoms with van der Waals surface area (Å²) in [4.78, 5) is 18.6. The molecule has 0 radical (unpaired) electrons. The molecular formula is C19H13ClN4O3S. The first-order chi connectivity index (χ1) is 13.6. The molecule has 3 aliphatic heterocycles. The number of amides is 1. The summed E-state index contributed by atoms with van der Waals surface area (Å²) in [5, 5.41) is 19.7. The second-order valence-electron chi connectivity index (χ2n) is 6.35. The number of β-lactam (4-membered cyclic amide) rings is 1. The Balaban J connectivity index is 1.58. The molecule has 2 unspecified atom stereocenters. The lowest BCUT2D eigenvalue weighted by atomic mass is 9.93. The maximum Gasteiger partial charge on any atom is 0.250 e. The number of ether oxygens (including phenoxy) is 1. The van der Waals surface area contributed by atoms with Gasteiger partial charge in [-0.1, -0.05) is 35.6 Å². The van der Waals surface area contributed by atoms with Gasteiger partial charge in [-0.05, 0) is 23.8 Å². The molecule has 0 aromatic heterocycles. The highest BCUT2D eigenvalue weighted by Gasteiger charge is 2.49. The normalized spacial score (nSPS) is 19.2. The number of aromatic nitrogens is 3. The van der Waals surface area contributed by atoms with Crippen LogP contribution in [0.1, 0.15) is 11.6 Å². The summed E-state index contributed by atoms with van der Waals surface area (Å²) in [6, 6.07) is 12.2. The van der Waals surface area contributed by atoms with Gasteiger partial charge in [-0.15, -0.1) is 21.8 Å². The van der Waals surface area contributed by atoms with E-state index >= 15 is 0 Å². The molecule has 0 bridgehead atoms. The molecule has 3 aliphatic rings. The van der Waals surface area contributed by atoms with Gasteiger partial charge in [0, 0.05) is 5.39 Å². The Morgan fingerprint density at radius 3 is 2.86 bits per heavy atom. The highest BCUT2D eigenvalue weighted by atomic mass is 35.5. The van der Waals surface area contributed by atoms with E-state index in [4.69, 9.17) is 16.3 Å². The number of alkyl halides is 1. The Labute approximate surface area is 168 Å². The van der Waals surface area contributed by atoms with Crippen molar-refractivity contribution in [3.05, 3.63) is 48.0 Å². The van der Waals surface area contributed by atoms with Gasteiger partial charge in [0.2, 0.25) is 11.0 Å². The lowest BCUT2D eigenvalue weighted by molar-refractivity contribution is -0.123. The number of phenols is 1. The van der Waals surface area contributed by atoms with Gasteiger partial charge in [0.25, 0.3) is 0 Å². The largest absolute Gasteiger partial charge is 0.504 e. The predicted molar refractivity (Wildman–Crippen MR) is 106 cm³/mol. The third-order valence-corrected chi connectivity index (χ3v) is 6.15. The number of carbonyl (C=O) groups is 1. The van der Waals surface area contributed by atoms with Crippen molar-refractivity contribution < 1.29 is 14.6 Å². The molecule has 0 aliphatic carbocycles. The number of phenolic OH excluding ortho intramolecular Hbond substituents is 1. The Morgan fingerprint density at radius 2 is 2.04 bits per heavy atom. The summed E-state index contributed by atoms with van der Waals surface area (Å²) in [7, 11) is 1.47. The summed E-state index contributed by atoms with van der Waals surface area (Å²) < 4.78 is 5.17. The average Bonchev–Trinajstić information content (AvgIpc) is 3.09. The van der Waals surface area contributed by atoms with Gasteiger partial charge in [-0.3, -0.25) is 9.69 Å². The first-order valence-corrected chi connectivity index (χ1v) is 9.70. The molecule has 7 nitrogen and oxygen atoms in total. The fourth-order valence-electron chi connectivity index (χ4n) is 3.38. The van der Waals surface area contributed by atoms with E-state index in [0.29, 0.717) is 21.6 Å². The van der Waals surface area contributed by atoms with Crippen molar-refractivity contribution in [3.63, 3.8) is 0 Å². The van der Waals surface area contributed by atoms with Crippen molar-refractivity contribution in [1.82, 2.24) is 15.2 Å². The number of para-hydroxylation sites is 1. The van der Waals surface area contributed by atoms with Crippen LogP contribution in [0.2, 0.25) is 0 Å². The Kier molecular flexibility index (Phi) is 3.85. The van der Waals surface area contributed by atoms with E-state index in [1.54, 1.807) is 12.1 Å². The Bertz CT molecular complexity index is 1200. The zero-order chi connectivity index (χ0) is 19.4. The Hall–Kier alpha value is -2.97. The molecule has 28 heavy (non-hydrogen) atoms. The molecule has 3 heterocycles. The van der Waals surface area contributed by atoms with E-state index in [9.17, 15) is 9.90 Å². The minimum absolute atomic E-state index is 0.0197. The van der Waals surface area contributed by atoms with Gasteiger partial charge in [0.05, 0.1) is 18.7 Å². The lowest BCUT2D eigenvalue weighted by Crippen LogP contribution is -2.56. The van der Waals surface area contributed by atoms with Gasteiger partial charge >= 0.3 is 0 Å². The van der Waals surface area contributed by atoms with Gasteiger partial charge in [0.15, 0.2) is 11.5 Å². The number of nitrogens with zero attached hydrogens (tertiary/aromatic N) is 4. The SMILES string of the molecule is COc1cc(C2C(Cl)C(=O)N2c2nnc3c4ccccc4nc-3s2)ccc1O. The topological polar surface area (TPSA) is 88.4 Å². The van der Waals surface area contributed by atoms with Crippen LogP contribution in [0.5, 0.6) is 11.5 Å². The molecule has 140 valence electrons. The molecule has 5 rings (SSSR count). The van der Waals surface area contributed by atoms with Crippen molar-refractivity contribution >= 4 is 44.9 Å². The summed E-state index contributed by atoms with van der Waals surface area (Å²) in [5.41, 5.74) is 2.29. The minimum atomic E-state index is -0.731. The number of benzene rings is 2. The van der Waals surface area contributed by atoms with E-state index in [-0.39, 0.29) is 11.7 Å². The lowest BCUT2D eigenvalue weighted by Gasteiger charge is -2.43. The number of halogens is 1. The summed E-state index contributed by atoms with van der Waals surface area (Å²) in [6.07, 6.45) is 0. The molecule has 0 saturated carbocycles. The zero-order valence-corrected chi connectivity index (χ0v) is 16.1. The number of hydrogen-bond acceptors (Lipinski definition) is 7. The number of hydrogen-bond donors (Lipinski definition) is 1. The number of anilines is 1. The fourth-order valence-corrected chi connectivity index (χ4v) is 4.69. The molecule has 9 heteroatoms. The highest BCUT2D eigenvalue weighted by Crippen LogP contribution is 2.46. The smallest absolute Gasteiger partial charge is 0.250 e. The van der Waals surface area contributed by atoms with Gasteiger partial charge < -0.3 is 9.84 Å². The first kappa shape index (κ1) is 17.2. The second kappa shape index (κ2) is 6.29. The molecule has 1 saturated heterocycles. The van der Waals surface area contributed by atoms with Crippen LogP contribution in [0.15, 0.2) is 42.5 Å². The van der Waals surface area contributed by atoms with Crippen LogP contribution < -0.4 is 9.64 Å². The zero-order valence-electron chi connectivity index (χ0n) is 14.5. The number of fused-ring (bicyclic) bond motifs is 3. The number of rotatable bonds is 3. The van der Waals surface area contributed by atoms with Crippen molar-refractivity contribution in [2.75, 3.05) is 12.0 Å². The van der Waals surface area contributed by atoms with E-state index in [2.05, 4.69) is 15.2 Å². The number of methoxy groups -OCH3 is 1. The van der Waals surface area contributed by atoms with Crippen LogP contribution in [0.4, 0.5) is 5.13 Å². The molecular weight excluding hydrogens is 400 g/mol. The average molecular weight is 413 g/mol. The van der Waals surface area contributed by atoms with Gasteiger partial charge in [0.1, 0.15) is 16.1 Å². The maximum absolute atomic E-state index is 12.5. The number of aromatic hydroxyl groups is 1. The van der Waals surface area contributed by atoms with Crippen molar-refractivity contribution in [2.24, 2.45) is 0 Å². The minimum Gasteiger partial charge on any atom is -0.504 e. The summed E-state index contributed by atoms with van der Waals surface area (Å²) in [5.74, 6) is 0.0841. The van der Waals surface area contributed by atoms with Gasteiger partial charge in [-0.25, -0.2) is 4.98 Å². The maximum atomic E-state index is 12.5. The van der Waals surface area contributed by atoms with Crippen LogP contribution >= 0.6 is 22.9 Å². The van der Waals surface area contributed by atoms with Crippen molar-refractivity contribution in [1.29, 1.82) is 0 Å². The van der Waals surface area contributed by atoms with Gasteiger partial charge in [-0.2, -0.15) is 0 Å².